The lowest BCUT2D eigenvalue weighted by molar-refractivity contribution is -0.144. The number of carboxylic acid groups (broad SMARTS) is 1. The molecule has 2 saturated heterocycles. The van der Waals surface area contributed by atoms with Crippen molar-refractivity contribution >= 4 is 41.0 Å². The van der Waals surface area contributed by atoms with E-state index in [9.17, 15) is 24.3 Å². The third-order valence-electron chi connectivity index (χ3n) is 7.22. The Kier molecular flexibility index (Phi) is 4.81. The monoisotopic (exact) mass is 497 g/mol. The highest BCUT2D eigenvalue weighted by molar-refractivity contribution is 6.31. The molecule has 3 N–H and O–H groups in total. The molecule has 6 rings (SSSR count). The largest absolute Gasteiger partial charge is 0.481 e. The highest BCUT2D eigenvalue weighted by Crippen LogP contribution is 2.54. The van der Waals surface area contributed by atoms with Crippen LogP contribution in [-0.4, -0.2) is 46.5 Å². The summed E-state index contributed by atoms with van der Waals surface area (Å²) in [6.07, 6.45) is -0.136. The number of aliphatic carboxylic acids is 1. The summed E-state index contributed by atoms with van der Waals surface area (Å²) in [4.78, 5) is 53.3. The van der Waals surface area contributed by atoms with Crippen LogP contribution in [0.3, 0.4) is 0 Å². The van der Waals surface area contributed by atoms with Crippen LogP contribution in [0, 0.1) is 11.8 Å². The van der Waals surface area contributed by atoms with Crippen LogP contribution in [0.5, 0.6) is 11.5 Å². The average molecular weight is 498 g/mol. The predicted molar refractivity (Wildman–Crippen MR) is 121 cm³/mol. The second-order valence-electron chi connectivity index (χ2n) is 9.09. The lowest BCUT2D eigenvalue weighted by Crippen LogP contribution is -2.53. The molecular formula is C24H20ClN3O7. The number of rotatable bonds is 5. The third kappa shape index (κ3) is 3.13. The van der Waals surface area contributed by atoms with E-state index in [2.05, 4.69) is 10.6 Å². The highest BCUT2D eigenvalue weighted by Gasteiger charge is 2.70. The highest BCUT2D eigenvalue weighted by atomic mass is 35.5. The Morgan fingerprint density at radius 1 is 1.11 bits per heavy atom. The van der Waals surface area contributed by atoms with Gasteiger partial charge in [0.1, 0.15) is 5.54 Å². The van der Waals surface area contributed by atoms with Gasteiger partial charge in [-0.05, 0) is 42.3 Å². The molecule has 0 bridgehead atoms. The standard InChI is InChI=1S/C24H20ClN3O7/c25-12-2-3-14-13(8-12)24(23(33)26-14)20-19(15(27-24)4-6-18(29)30)21(31)28(22(20)32)9-11-1-5-16-17(7-11)35-10-34-16/h1-3,5,7-8,15,19-20,27H,4,6,9-10H2,(H,26,33)(H,29,30)/t15-,19+,20+,24-/m1/s1. The van der Waals surface area contributed by atoms with E-state index in [0.29, 0.717) is 33.3 Å². The smallest absolute Gasteiger partial charge is 0.303 e. The Bertz CT molecular complexity index is 1310. The van der Waals surface area contributed by atoms with Gasteiger partial charge in [0.2, 0.25) is 24.5 Å². The first-order chi connectivity index (χ1) is 16.8. The lowest BCUT2D eigenvalue weighted by Gasteiger charge is -2.29. The van der Waals surface area contributed by atoms with Crippen molar-refractivity contribution in [2.45, 2.75) is 31.0 Å². The minimum atomic E-state index is -1.52. The van der Waals surface area contributed by atoms with E-state index >= 15 is 0 Å². The number of anilines is 1. The molecule has 10 nitrogen and oxygen atoms in total. The average Bonchev–Trinajstić information content (AvgIpc) is 3.55. The van der Waals surface area contributed by atoms with E-state index in [1.165, 1.54) is 0 Å². The molecule has 4 heterocycles. The van der Waals surface area contributed by atoms with Gasteiger partial charge in [-0.25, -0.2) is 0 Å². The summed E-state index contributed by atoms with van der Waals surface area (Å²) in [7, 11) is 0. The topological polar surface area (TPSA) is 134 Å². The second-order valence-corrected chi connectivity index (χ2v) is 9.53. The fourth-order valence-corrected chi connectivity index (χ4v) is 5.91. The van der Waals surface area contributed by atoms with Gasteiger partial charge in [-0.3, -0.25) is 29.4 Å². The summed E-state index contributed by atoms with van der Waals surface area (Å²) in [5.74, 6) is -3.26. The van der Waals surface area contributed by atoms with Crippen molar-refractivity contribution in [3.05, 3.63) is 52.5 Å². The molecular weight excluding hydrogens is 478 g/mol. The Labute approximate surface area is 204 Å². The molecule has 2 aromatic carbocycles. The number of imide groups is 1. The van der Waals surface area contributed by atoms with Gasteiger partial charge in [-0.1, -0.05) is 17.7 Å². The number of nitrogens with zero attached hydrogens (tertiary/aromatic N) is 1. The molecule has 4 aliphatic heterocycles. The zero-order valence-corrected chi connectivity index (χ0v) is 19.0. The van der Waals surface area contributed by atoms with Crippen LogP contribution in [0.1, 0.15) is 24.0 Å². The number of benzene rings is 2. The van der Waals surface area contributed by atoms with Gasteiger partial charge in [-0.15, -0.1) is 0 Å². The predicted octanol–water partition coefficient (Wildman–Crippen LogP) is 1.85. The van der Waals surface area contributed by atoms with Crippen LogP contribution < -0.4 is 20.1 Å². The van der Waals surface area contributed by atoms with Gasteiger partial charge < -0.3 is 19.9 Å². The third-order valence-corrected chi connectivity index (χ3v) is 7.45. The van der Waals surface area contributed by atoms with Crippen molar-refractivity contribution < 1.29 is 33.8 Å². The van der Waals surface area contributed by atoms with Crippen molar-refractivity contribution in [3.8, 4) is 11.5 Å². The van der Waals surface area contributed by atoms with Crippen molar-refractivity contribution in [2.24, 2.45) is 11.8 Å². The van der Waals surface area contributed by atoms with E-state index in [1.807, 2.05) is 0 Å². The summed E-state index contributed by atoms with van der Waals surface area (Å²) in [6.45, 7) is 0.0914. The minimum absolute atomic E-state index is 0.00689. The van der Waals surface area contributed by atoms with Gasteiger partial charge >= 0.3 is 5.97 Å². The van der Waals surface area contributed by atoms with E-state index in [1.54, 1.807) is 36.4 Å². The number of carbonyl (C=O) groups excluding carboxylic acids is 3. The maximum atomic E-state index is 13.8. The van der Waals surface area contributed by atoms with E-state index in [-0.39, 0.29) is 26.2 Å². The summed E-state index contributed by atoms with van der Waals surface area (Å²) >= 11 is 6.23. The summed E-state index contributed by atoms with van der Waals surface area (Å²) in [6, 6.07) is 9.37. The van der Waals surface area contributed by atoms with Gasteiger partial charge in [0.15, 0.2) is 11.5 Å². The first kappa shape index (κ1) is 21.9. The van der Waals surface area contributed by atoms with Gasteiger partial charge in [0.25, 0.3) is 0 Å². The number of fused-ring (bicyclic) bond motifs is 5. The summed E-state index contributed by atoms with van der Waals surface area (Å²) < 4.78 is 10.7. The van der Waals surface area contributed by atoms with Crippen LogP contribution in [-0.2, 0) is 31.3 Å². The Morgan fingerprint density at radius 3 is 2.71 bits per heavy atom. The molecule has 0 aromatic heterocycles. The number of hydrogen-bond acceptors (Lipinski definition) is 7. The van der Waals surface area contributed by atoms with Crippen molar-refractivity contribution in [1.29, 1.82) is 0 Å². The molecule has 180 valence electrons. The van der Waals surface area contributed by atoms with Crippen molar-refractivity contribution in [2.75, 3.05) is 12.1 Å². The Balaban J connectivity index is 1.40. The minimum Gasteiger partial charge on any atom is -0.481 e. The number of nitrogens with one attached hydrogen (secondary N) is 2. The zero-order chi connectivity index (χ0) is 24.5. The van der Waals surface area contributed by atoms with Gasteiger partial charge in [-0.2, -0.15) is 0 Å². The summed E-state index contributed by atoms with van der Waals surface area (Å²) in [5.41, 5.74) is 0.122. The SMILES string of the molecule is O=C(O)CC[C@H]1N[C@@]2(C(=O)Nc3ccc(Cl)cc32)[C@@H]2C(=O)N(Cc3ccc4c(c3)OCO4)C(=O)[C@H]21. The van der Waals surface area contributed by atoms with Crippen molar-refractivity contribution in [1.82, 2.24) is 10.2 Å². The van der Waals surface area contributed by atoms with Crippen LogP contribution in [0.4, 0.5) is 5.69 Å². The van der Waals surface area contributed by atoms with Crippen LogP contribution in [0.2, 0.25) is 5.02 Å². The van der Waals surface area contributed by atoms with Crippen molar-refractivity contribution in [3.63, 3.8) is 0 Å². The summed E-state index contributed by atoms with van der Waals surface area (Å²) in [5, 5.41) is 15.6. The second kappa shape index (κ2) is 7.69. The van der Waals surface area contributed by atoms with E-state index < -0.39 is 47.1 Å². The van der Waals surface area contributed by atoms with Crippen LogP contribution >= 0.6 is 11.6 Å². The fraction of sp³-hybridized carbons (Fsp3) is 0.333. The Morgan fingerprint density at radius 2 is 1.91 bits per heavy atom. The Hall–Kier alpha value is -3.63. The molecule has 0 aliphatic carbocycles. The molecule has 0 unspecified atom stereocenters. The van der Waals surface area contributed by atoms with Gasteiger partial charge in [0.05, 0.1) is 18.4 Å². The number of hydrogen-bond donors (Lipinski definition) is 3. The maximum absolute atomic E-state index is 13.8. The van der Waals surface area contributed by atoms with E-state index in [0.717, 1.165) is 4.90 Å². The lowest BCUT2D eigenvalue weighted by atomic mass is 9.76. The molecule has 2 aromatic rings. The molecule has 11 heteroatoms. The number of carbonyl (C=O) groups is 4. The molecule has 35 heavy (non-hydrogen) atoms. The molecule has 0 radical (unpaired) electrons. The number of halogens is 1. The first-order valence-electron chi connectivity index (χ1n) is 11.1. The number of likely N-dealkylation sites (tertiary alicyclic amines) is 1. The van der Waals surface area contributed by atoms with Crippen LogP contribution in [0.25, 0.3) is 0 Å². The molecule has 3 amide bonds. The van der Waals surface area contributed by atoms with Crippen LogP contribution in [0.15, 0.2) is 36.4 Å². The molecule has 4 atom stereocenters. The first-order valence-corrected chi connectivity index (χ1v) is 11.5. The zero-order valence-electron chi connectivity index (χ0n) is 18.2. The van der Waals surface area contributed by atoms with E-state index in [4.69, 9.17) is 21.1 Å². The molecule has 0 saturated carbocycles. The number of carboxylic acids is 1. The quantitative estimate of drug-likeness (QED) is 0.533. The maximum Gasteiger partial charge on any atom is 0.303 e. The number of ether oxygens (including phenoxy) is 2. The normalized spacial score (nSPS) is 28.0. The molecule has 2 fully saturated rings. The number of amides is 3. The molecule has 4 aliphatic rings. The molecule has 1 spiro atoms. The van der Waals surface area contributed by atoms with Gasteiger partial charge in [0, 0.05) is 28.7 Å². The fourth-order valence-electron chi connectivity index (χ4n) is 5.74.